The Hall–Kier alpha value is -1.40. The first-order chi connectivity index (χ1) is 9.10. The SMILES string of the molecule is COc1cccc(CS(=O)c2ccc(Br)cc2N)n1. The van der Waals surface area contributed by atoms with Crippen molar-refractivity contribution in [3.63, 3.8) is 0 Å². The van der Waals surface area contributed by atoms with Crippen molar-refractivity contribution in [2.24, 2.45) is 0 Å². The molecule has 0 radical (unpaired) electrons. The fraction of sp³-hybridized carbons (Fsp3) is 0.154. The fourth-order valence-electron chi connectivity index (χ4n) is 1.59. The molecule has 0 spiro atoms. The highest BCUT2D eigenvalue weighted by Gasteiger charge is 2.10. The predicted molar refractivity (Wildman–Crippen MR) is 79.5 cm³/mol. The Morgan fingerprint density at radius 2 is 2.16 bits per heavy atom. The summed E-state index contributed by atoms with van der Waals surface area (Å²) in [5, 5.41) is 0. The molecule has 0 aliphatic carbocycles. The Balaban J connectivity index is 2.20. The van der Waals surface area contributed by atoms with E-state index in [2.05, 4.69) is 20.9 Å². The Labute approximate surface area is 122 Å². The Kier molecular flexibility index (Phi) is 4.55. The van der Waals surface area contributed by atoms with Crippen LogP contribution in [0, 0.1) is 0 Å². The molecule has 2 aromatic rings. The molecular formula is C13H13BrN2O2S. The van der Waals surface area contributed by atoms with Gasteiger partial charge >= 0.3 is 0 Å². The third kappa shape index (κ3) is 3.54. The van der Waals surface area contributed by atoms with Crippen LogP contribution in [0.25, 0.3) is 0 Å². The lowest BCUT2D eigenvalue weighted by molar-refractivity contribution is 0.397. The minimum Gasteiger partial charge on any atom is -0.481 e. The average Bonchev–Trinajstić information content (AvgIpc) is 2.38. The zero-order valence-corrected chi connectivity index (χ0v) is 12.7. The molecule has 1 unspecified atom stereocenters. The van der Waals surface area contributed by atoms with Crippen LogP contribution in [0.5, 0.6) is 5.88 Å². The van der Waals surface area contributed by atoms with Crippen molar-refractivity contribution >= 4 is 32.4 Å². The van der Waals surface area contributed by atoms with Gasteiger partial charge in [0.05, 0.1) is 34.3 Å². The van der Waals surface area contributed by atoms with Crippen LogP contribution in [-0.2, 0) is 16.6 Å². The number of pyridine rings is 1. The zero-order chi connectivity index (χ0) is 13.8. The van der Waals surface area contributed by atoms with E-state index in [1.165, 1.54) is 0 Å². The monoisotopic (exact) mass is 340 g/mol. The summed E-state index contributed by atoms with van der Waals surface area (Å²) in [6.07, 6.45) is 0. The number of nitrogen functional groups attached to an aromatic ring is 1. The summed E-state index contributed by atoms with van der Waals surface area (Å²) in [4.78, 5) is 4.86. The summed E-state index contributed by atoms with van der Waals surface area (Å²) in [7, 11) is 0.323. The van der Waals surface area contributed by atoms with E-state index < -0.39 is 10.8 Å². The van der Waals surface area contributed by atoms with Crippen LogP contribution < -0.4 is 10.5 Å². The van der Waals surface area contributed by atoms with Crippen molar-refractivity contribution in [3.05, 3.63) is 46.6 Å². The van der Waals surface area contributed by atoms with E-state index in [0.29, 0.717) is 27.9 Å². The Bertz CT molecular complexity index is 619. The highest BCUT2D eigenvalue weighted by Crippen LogP contribution is 2.23. The van der Waals surface area contributed by atoms with E-state index >= 15 is 0 Å². The number of nitrogens with two attached hydrogens (primary N) is 1. The first kappa shape index (κ1) is 14.0. The number of nitrogens with zero attached hydrogens (tertiary/aromatic N) is 1. The molecular weight excluding hydrogens is 328 g/mol. The molecule has 0 aliphatic rings. The van der Waals surface area contributed by atoms with Gasteiger partial charge in [0.25, 0.3) is 0 Å². The van der Waals surface area contributed by atoms with Crippen LogP contribution in [0.1, 0.15) is 5.69 Å². The number of benzene rings is 1. The van der Waals surface area contributed by atoms with E-state index in [1.54, 1.807) is 25.3 Å². The molecule has 0 saturated carbocycles. The van der Waals surface area contributed by atoms with Gasteiger partial charge in [0.1, 0.15) is 0 Å². The molecule has 1 aromatic carbocycles. The molecule has 0 amide bonds. The smallest absolute Gasteiger partial charge is 0.213 e. The number of ether oxygens (including phenoxy) is 1. The topological polar surface area (TPSA) is 65.2 Å². The lowest BCUT2D eigenvalue weighted by atomic mass is 10.3. The van der Waals surface area contributed by atoms with E-state index in [0.717, 1.165) is 4.47 Å². The normalized spacial score (nSPS) is 12.1. The number of methoxy groups -OCH3 is 1. The van der Waals surface area contributed by atoms with Gasteiger partial charge in [-0.05, 0) is 24.3 Å². The third-order valence-electron chi connectivity index (χ3n) is 2.49. The first-order valence-corrected chi connectivity index (χ1v) is 7.64. The Morgan fingerprint density at radius 3 is 2.84 bits per heavy atom. The zero-order valence-electron chi connectivity index (χ0n) is 10.3. The molecule has 0 bridgehead atoms. The van der Waals surface area contributed by atoms with Crippen molar-refractivity contribution in [1.82, 2.24) is 4.98 Å². The lowest BCUT2D eigenvalue weighted by Crippen LogP contribution is -2.03. The van der Waals surface area contributed by atoms with Crippen LogP contribution in [0.2, 0.25) is 0 Å². The third-order valence-corrected chi connectivity index (χ3v) is 4.40. The van der Waals surface area contributed by atoms with Crippen LogP contribution in [0.4, 0.5) is 5.69 Å². The molecule has 6 heteroatoms. The summed E-state index contributed by atoms with van der Waals surface area (Å²) in [6, 6.07) is 10.7. The van der Waals surface area contributed by atoms with E-state index in [4.69, 9.17) is 10.5 Å². The molecule has 1 atom stereocenters. The number of aromatic nitrogens is 1. The van der Waals surface area contributed by atoms with Crippen LogP contribution in [0.3, 0.4) is 0 Å². The van der Waals surface area contributed by atoms with E-state index in [1.807, 2.05) is 18.2 Å². The van der Waals surface area contributed by atoms with Crippen molar-refractivity contribution in [2.45, 2.75) is 10.6 Å². The van der Waals surface area contributed by atoms with Crippen molar-refractivity contribution in [1.29, 1.82) is 0 Å². The number of anilines is 1. The van der Waals surface area contributed by atoms with Crippen molar-refractivity contribution in [2.75, 3.05) is 12.8 Å². The largest absolute Gasteiger partial charge is 0.481 e. The summed E-state index contributed by atoms with van der Waals surface area (Å²) in [5.74, 6) is 0.821. The maximum absolute atomic E-state index is 12.3. The van der Waals surface area contributed by atoms with Gasteiger partial charge in [0.2, 0.25) is 5.88 Å². The van der Waals surface area contributed by atoms with Gasteiger partial charge in [-0.15, -0.1) is 0 Å². The number of hydrogen-bond donors (Lipinski definition) is 1. The summed E-state index contributed by atoms with van der Waals surface area (Å²) in [5.41, 5.74) is 7.08. The first-order valence-electron chi connectivity index (χ1n) is 5.53. The van der Waals surface area contributed by atoms with Gasteiger partial charge in [0, 0.05) is 16.2 Å². The van der Waals surface area contributed by atoms with E-state index in [9.17, 15) is 4.21 Å². The van der Waals surface area contributed by atoms with Crippen molar-refractivity contribution in [3.8, 4) is 5.88 Å². The molecule has 19 heavy (non-hydrogen) atoms. The molecule has 1 aromatic heterocycles. The van der Waals surface area contributed by atoms with Crippen molar-refractivity contribution < 1.29 is 8.95 Å². The van der Waals surface area contributed by atoms with Gasteiger partial charge in [-0.3, -0.25) is 4.21 Å². The number of rotatable bonds is 4. The second kappa shape index (κ2) is 6.16. The molecule has 0 aliphatic heterocycles. The van der Waals surface area contributed by atoms with Crippen LogP contribution in [-0.4, -0.2) is 16.3 Å². The standard InChI is InChI=1S/C13H13BrN2O2S/c1-18-13-4-2-3-10(16-13)8-19(17)12-6-5-9(14)7-11(12)15/h2-7H,8,15H2,1H3. The number of hydrogen-bond acceptors (Lipinski definition) is 4. The maximum Gasteiger partial charge on any atom is 0.213 e. The molecule has 2 rings (SSSR count). The summed E-state index contributed by atoms with van der Waals surface area (Å²) in [6.45, 7) is 0. The van der Waals surface area contributed by atoms with Gasteiger partial charge in [0.15, 0.2) is 0 Å². The van der Waals surface area contributed by atoms with Crippen LogP contribution in [0.15, 0.2) is 45.8 Å². The highest BCUT2D eigenvalue weighted by atomic mass is 79.9. The van der Waals surface area contributed by atoms with Crippen LogP contribution >= 0.6 is 15.9 Å². The minimum atomic E-state index is -1.23. The quantitative estimate of drug-likeness (QED) is 0.869. The lowest BCUT2D eigenvalue weighted by Gasteiger charge is -2.07. The number of halogens is 1. The second-order valence-corrected chi connectivity index (χ2v) is 6.18. The van der Waals surface area contributed by atoms with E-state index in [-0.39, 0.29) is 0 Å². The summed E-state index contributed by atoms with van der Waals surface area (Å²) < 4.78 is 18.2. The molecule has 0 saturated heterocycles. The summed E-state index contributed by atoms with van der Waals surface area (Å²) >= 11 is 3.32. The van der Waals surface area contributed by atoms with Gasteiger partial charge in [-0.2, -0.15) is 0 Å². The van der Waals surface area contributed by atoms with Gasteiger partial charge < -0.3 is 10.5 Å². The second-order valence-electron chi connectivity index (χ2n) is 3.84. The Morgan fingerprint density at radius 1 is 1.37 bits per heavy atom. The maximum atomic E-state index is 12.3. The molecule has 1 heterocycles. The molecule has 0 fully saturated rings. The molecule has 4 nitrogen and oxygen atoms in total. The molecule has 100 valence electrons. The predicted octanol–water partition coefficient (Wildman–Crippen LogP) is 2.74. The fourth-order valence-corrected chi connectivity index (χ4v) is 3.10. The minimum absolute atomic E-state index is 0.309. The average molecular weight is 341 g/mol. The van der Waals surface area contributed by atoms with Gasteiger partial charge in [-0.1, -0.05) is 22.0 Å². The molecule has 2 N–H and O–H groups in total. The van der Waals surface area contributed by atoms with Gasteiger partial charge in [-0.25, -0.2) is 4.98 Å². The highest BCUT2D eigenvalue weighted by molar-refractivity contribution is 9.10.